The van der Waals surface area contributed by atoms with Crippen molar-refractivity contribution in [1.82, 2.24) is 9.97 Å². The SMILES string of the molecule is CCCc1c(N)ncnc1N(CC)CCCO. The minimum Gasteiger partial charge on any atom is -0.396 e. The molecule has 1 rings (SSSR count). The molecule has 0 saturated carbocycles. The Hall–Kier alpha value is -1.36. The van der Waals surface area contributed by atoms with Crippen LogP contribution in [0.4, 0.5) is 11.6 Å². The standard InChI is InChI=1S/C12H22N4O/c1-3-6-10-11(13)14-9-15-12(10)16(4-2)7-5-8-17/h9,17H,3-8H2,1-2H3,(H2,13,14,15). The topological polar surface area (TPSA) is 75.3 Å². The van der Waals surface area contributed by atoms with Gasteiger partial charge in [-0.1, -0.05) is 13.3 Å². The molecule has 96 valence electrons. The van der Waals surface area contributed by atoms with Crippen LogP contribution in [-0.2, 0) is 6.42 Å². The first-order valence-corrected chi connectivity index (χ1v) is 6.19. The molecule has 1 aromatic rings. The van der Waals surface area contributed by atoms with E-state index in [-0.39, 0.29) is 6.61 Å². The van der Waals surface area contributed by atoms with Crippen LogP contribution in [0, 0.1) is 0 Å². The second-order valence-electron chi connectivity index (χ2n) is 3.97. The predicted octanol–water partition coefficient (Wildman–Crippen LogP) is 1.22. The Kier molecular flexibility index (Phi) is 5.69. The van der Waals surface area contributed by atoms with Crippen molar-refractivity contribution in [2.24, 2.45) is 0 Å². The van der Waals surface area contributed by atoms with Crippen LogP contribution >= 0.6 is 0 Å². The molecule has 5 nitrogen and oxygen atoms in total. The summed E-state index contributed by atoms with van der Waals surface area (Å²) >= 11 is 0. The molecule has 0 aromatic carbocycles. The number of hydrogen-bond acceptors (Lipinski definition) is 5. The molecule has 17 heavy (non-hydrogen) atoms. The maximum atomic E-state index is 8.90. The maximum absolute atomic E-state index is 8.90. The first kappa shape index (κ1) is 13.7. The summed E-state index contributed by atoms with van der Waals surface area (Å²) in [6.45, 7) is 6.03. The van der Waals surface area contributed by atoms with Gasteiger partial charge < -0.3 is 15.7 Å². The lowest BCUT2D eigenvalue weighted by atomic mass is 10.1. The summed E-state index contributed by atoms with van der Waals surface area (Å²) < 4.78 is 0. The normalized spacial score (nSPS) is 10.5. The smallest absolute Gasteiger partial charge is 0.137 e. The van der Waals surface area contributed by atoms with E-state index >= 15 is 0 Å². The van der Waals surface area contributed by atoms with Crippen LogP contribution in [0.25, 0.3) is 0 Å². The van der Waals surface area contributed by atoms with E-state index in [1.807, 2.05) is 0 Å². The van der Waals surface area contributed by atoms with E-state index in [1.54, 1.807) is 0 Å². The summed E-state index contributed by atoms with van der Waals surface area (Å²) in [5.74, 6) is 1.48. The molecule has 0 unspecified atom stereocenters. The average Bonchev–Trinajstić information content (AvgIpc) is 2.34. The van der Waals surface area contributed by atoms with Crippen molar-refractivity contribution < 1.29 is 5.11 Å². The number of aliphatic hydroxyl groups is 1. The molecule has 3 N–H and O–H groups in total. The highest BCUT2D eigenvalue weighted by Crippen LogP contribution is 2.22. The lowest BCUT2D eigenvalue weighted by Crippen LogP contribution is -2.27. The van der Waals surface area contributed by atoms with Crippen LogP contribution in [-0.4, -0.2) is 34.8 Å². The van der Waals surface area contributed by atoms with Gasteiger partial charge in [0.05, 0.1) is 0 Å². The summed E-state index contributed by atoms with van der Waals surface area (Å²) in [7, 11) is 0. The van der Waals surface area contributed by atoms with Crippen molar-refractivity contribution in [3.05, 3.63) is 11.9 Å². The third-order valence-electron chi connectivity index (χ3n) is 2.72. The van der Waals surface area contributed by atoms with Gasteiger partial charge in [0.15, 0.2) is 0 Å². The highest BCUT2D eigenvalue weighted by molar-refractivity contribution is 5.56. The van der Waals surface area contributed by atoms with Gasteiger partial charge in [-0.3, -0.25) is 0 Å². The number of hydrogen-bond donors (Lipinski definition) is 2. The van der Waals surface area contributed by atoms with Crippen LogP contribution < -0.4 is 10.6 Å². The van der Waals surface area contributed by atoms with E-state index in [0.717, 1.165) is 43.7 Å². The zero-order valence-electron chi connectivity index (χ0n) is 10.7. The quantitative estimate of drug-likeness (QED) is 0.747. The van der Waals surface area contributed by atoms with Gasteiger partial charge in [-0.15, -0.1) is 0 Å². The molecule has 5 heteroatoms. The molecule has 1 heterocycles. The van der Waals surface area contributed by atoms with E-state index < -0.39 is 0 Å². The molecule has 0 spiro atoms. The van der Waals surface area contributed by atoms with E-state index in [2.05, 4.69) is 28.7 Å². The Labute approximate surface area is 103 Å². The number of nitrogens with two attached hydrogens (primary N) is 1. The summed E-state index contributed by atoms with van der Waals surface area (Å²) in [6.07, 6.45) is 4.15. The number of anilines is 2. The molecular formula is C12H22N4O. The molecule has 0 fully saturated rings. The van der Waals surface area contributed by atoms with Crippen molar-refractivity contribution in [3.63, 3.8) is 0 Å². The predicted molar refractivity (Wildman–Crippen MR) is 70.0 cm³/mol. The highest BCUT2D eigenvalue weighted by Gasteiger charge is 2.13. The van der Waals surface area contributed by atoms with Gasteiger partial charge in [0, 0.05) is 25.3 Å². The van der Waals surface area contributed by atoms with Gasteiger partial charge in [0.2, 0.25) is 0 Å². The number of aliphatic hydroxyl groups excluding tert-OH is 1. The monoisotopic (exact) mass is 238 g/mol. The second-order valence-corrected chi connectivity index (χ2v) is 3.97. The molecule has 0 bridgehead atoms. The lowest BCUT2D eigenvalue weighted by molar-refractivity contribution is 0.289. The molecule has 0 aliphatic carbocycles. The van der Waals surface area contributed by atoms with E-state index in [1.165, 1.54) is 6.33 Å². The molecule has 0 radical (unpaired) electrons. The third-order valence-corrected chi connectivity index (χ3v) is 2.72. The summed E-state index contributed by atoms with van der Waals surface area (Å²) in [5, 5.41) is 8.90. The largest absolute Gasteiger partial charge is 0.396 e. The van der Waals surface area contributed by atoms with Crippen LogP contribution in [0.15, 0.2) is 6.33 Å². The molecule has 0 atom stereocenters. The summed E-state index contributed by atoms with van der Waals surface area (Å²) in [6, 6.07) is 0. The van der Waals surface area contributed by atoms with Crippen LogP contribution in [0.5, 0.6) is 0 Å². The Morgan fingerprint density at radius 1 is 1.35 bits per heavy atom. The van der Waals surface area contributed by atoms with Crippen molar-refractivity contribution in [2.75, 3.05) is 30.3 Å². The maximum Gasteiger partial charge on any atom is 0.137 e. The van der Waals surface area contributed by atoms with Gasteiger partial charge in [-0.25, -0.2) is 9.97 Å². The first-order valence-electron chi connectivity index (χ1n) is 6.19. The van der Waals surface area contributed by atoms with Gasteiger partial charge in [-0.2, -0.15) is 0 Å². The zero-order chi connectivity index (χ0) is 12.7. The van der Waals surface area contributed by atoms with Crippen LogP contribution in [0.3, 0.4) is 0 Å². The van der Waals surface area contributed by atoms with Crippen LogP contribution in [0.2, 0.25) is 0 Å². The molecule has 0 amide bonds. The van der Waals surface area contributed by atoms with Gasteiger partial charge in [-0.05, 0) is 19.8 Å². The third kappa shape index (κ3) is 3.56. The number of rotatable bonds is 7. The lowest BCUT2D eigenvalue weighted by Gasteiger charge is -2.24. The molecule has 0 aliphatic heterocycles. The summed E-state index contributed by atoms with van der Waals surface area (Å²) in [4.78, 5) is 10.5. The molecule has 0 saturated heterocycles. The van der Waals surface area contributed by atoms with Crippen molar-refractivity contribution in [2.45, 2.75) is 33.1 Å². The van der Waals surface area contributed by atoms with Crippen molar-refractivity contribution in [3.8, 4) is 0 Å². The van der Waals surface area contributed by atoms with Gasteiger partial charge in [0.1, 0.15) is 18.0 Å². The Morgan fingerprint density at radius 2 is 2.12 bits per heavy atom. The minimum atomic E-state index is 0.195. The fourth-order valence-corrected chi connectivity index (χ4v) is 1.85. The number of nitrogens with zero attached hydrogens (tertiary/aromatic N) is 3. The molecule has 0 aliphatic rings. The van der Waals surface area contributed by atoms with E-state index in [0.29, 0.717) is 5.82 Å². The Balaban J connectivity index is 2.96. The summed E-state index contributed by atoms with van der Waals surface area (Å²) in [5.41, 5.74) is 6.92. The minimum absolute atomic E-state index is 0.195. The molecule has 1 aromatic heterocycles. The van der Waals surface area contributed by atoms with Crippen molar-refractivity contribution >= 4 is 11.6 Å². The van der Waals surface area contributed by atoms with E-state index in [9.17, 15) is 0 Å². The van der Waals surface area contributed by atoms with Gasteiger partial charge in [0.25, 0.3) is 0 Å². The van der Waals surface area contributed by atoms with E-state index in [4.69, 9.17) is 10.8 Å². The zero-order valence-corrected chi connectivity index (χ0v) is 10.7. The fraction of sp³-hybridized carbons (Fsp3) is 0.667. The van der Waals surface area contributed by atoms with Crippen molar-refractivity contribution in [1.29, 1.82) is 0 Å². The second kappa shape index (κ2) is 7.06. The molecular weight excluding hydrogens is 216 g/mol. The first-order chi connectivity index (χ1) is 8.24. The average molecular weight is 238 g/mol. The Bertz CT molecular complexity index is 343. The highest BCUT2D eigenvalue weighted by atomic mass is 16.3. The van der Waals surface area contributed by atoms with Crippen LogP contribution in [0.1, 0.15) is 32.3 Å². The fourth-order valence-electron chi connectivity index (χ4n) is 1.85. The van der Waals surface area contributed by atoms with Gasteiger partial charge >= 0.3 is 0 Å². The number of nitrogen functional groups attached to an aromatic ring is 1. The number of aromatic nitrogens is 2. The Morgan fingerprint density at radius 3 is 2.71 bits per heavy atom.